The van der Waals surface area contributed by atoms with Gasteiger partial charge in [-0.3, -0.25) is 0 Å². The minimum Gasteiger partial charge on any atom is -0.389 e. The van der Waals surface area contributed by atoms with Gasteiger partial charge in [-0.1, -0.05) is 6.07 Å². The molecule has 4 heteroatoms. The fraction of sp³-hybridized carbons (Fsp3) is 0.545. The summed E-state index contributed by atoms with van der Waals surface area (Å²) >= 11 is 0. The van der Waals surface area contributed by atoms with E-state index >= 15 is 0 Å². The molecule has 0 amide bonds. The predicted octanol–water partition coefficient (Wildman–Crippen LogP) is 0.544. The molecular weight excluding hydrogens is 190 g/mol. The Hall–Kier alpha value is -1.13. The number of aliphatic hydroxyl groups is 1. The van der Waals surface area contributed by atoms with Gasteiger partial charge in [-0.15, -0.1) is 0 Å². The first-order valence-electron chi connectivity index (χ1n) is 5.37. The van der Waals surface area contributed by atoms with E-state index in [4.69, 9.17) is 0 Å². The average molecular weight is 207 g/mol. The molecule has 0 saturated carbocycles. The van der Waals surface area contributed by atoms with Crippen molar-refractivity contribution in [1.29, 1.82) is 0 Å². The van der Waals surface area contributed by atoms with E-state index in [9.17, 15) is 5.11 Å². The third-order valence-electron chi connectivity index (χ3n) is 2.68. The van der Waals surface area contributed by atoms with Gasteiger partial charge in [0, 0.05) is 37.9 Å². The third-order valence-corrected chi connectivity index (χ3v) is 2.68. The average Bonchev–Trinajstić information content (AvgIpc) is 2.30. The second-order valence-corrected chi connectivity index (χ2v) is 3.83. The summed E-state index contributed by atoms with van der Waals surface area (Å²) in [5, 5.41) is 13.0. The van der Waals surface area contributed by atoms with Crippen LogP contribution in [0.4, 0.5) is 5.82 Å². The van der Waals surface area contributed by atoms with Gasteiger partial charge >= 0.3 is 0 Å². The van der Waals surface area contributed by atoms with Gasteiger partial charge in [0.25, 0.3) is 0 Å². The van der Waals surface area contributed by atoms with Crippen LogP contribution in [0, 0.1) is 0 Å². The lowest BCUT2D eigenvalue weighted by Crippen LogP contribution is -2.44. The highest BCUT2D eigenvalue weighted by Gasteiger charge is 2.16. The van der Waals surface area contributed by atoms with Crippen molar-refractivity contribution in [2.75, 3.05) is 31.1 Å². The second kappa shape index (κ2) is 4.59. The van der Waals surface area contributed by atoms with Crippen molar-refractivity contribution in [2.45, 2.75) is 13.0 Å². The summed E-state index contributed by atoms with van der Waals surface area (Å²) in [4.78, 5) is 6.58. The molecule has 0 unspecified atom stereocenters. The fourth-order valence-corrected chi connectivity index (χ4v) is 1.88. The van der Waals surface area contributed by atoms with Gasteiger partial charge in [-0.05, 0) is 13.0 Å². The molecule has 15 heavy (non-hydrogen) atoms. The minimum atomic E-state index is -0.455. The van der Waals surface area contributed by atoms with Gasteiger partial charge in [0.05, 0.1) is 6.10 Å². The Labute approximate surface area is 89.9 Å². The summed E-state index contributed by atoms with van der Waals surface area (Å²) in [6.45, 7) is 5.65. The molecule has 1 atom stereocenters. The number of nitrogens with one attached hydrogen (secondary N) is 1. The predicted molar refractivity (Wildman–Crippen MR) is 60.0 cm³/mol. The van der Waals surface area contributed by atoms with Crippen molar-refractivity contribution in [3.8, 4) is 0 Å². The lowest BCUT2D eigenvalue weighted by Gasteiger charge is -2.30. The zero-order valence-corrected chi connectivity index (χ0v) is 8.98. The van der Waals surface area contributed by atoms with Gasteiger partial charge in [-0.2, -0.15) is 0 Å². The van der Waals surface area contributed by atoms with Crippen LogP contribution in [0.3, 0.4) is 0 Å². The van der Waals surface area contributed by atoms with Crippen LogP contribution in [0.25, 0.3) is 0 Å². The van der Waals surface area contributed by atoms with Gasteiger partial charge in [0.1, 0.15) is 5.82 Å². The smallest absolute Gasteiger partial charge is 0.134 e. The first-order valence-corrected chi connectivity index (χ1v) is 5.37. The highest BCUT2D eigenvalue weighted by atomic mass is 16.3. The largest absolute Gasteiger partial charge is 0.389 e. The van der Waals surface area contributed by atoms with E-state index in [-0.39, 0.29) is 0 Å². The SMILES string of the molecule is C[C@@H](O)c1cccnc1N1CCNCC1. The molecule has 1 aliphatic heterocycles. The number of nitrogens with zero attached hydrogens (tertiary/aromatic N) is 2. The molecule has 2 heterocycles. The molecule has 1 aromatic rings. The van der Waals surface area contributed by atoms with Gasteiger partial charge in [0.2, 0.25) is 0 Å². The first-order chi connectivity index (χ1) is 7.29. The molecular formula is C11H17N3O. The molecule has 1 aromatic heterocycles. The molecule has 2 rings (SSSR count). The highest BCUT2D eigenvalue weighted by molar-refractivity contribution is 5.48. The van der Waals surface area contributed by atoms with Crippen LogP contribution in [-0.4, -0.2) is 36.3 Å². The van der Waals surface area contributed by atoms with Crippen molar-refractivity contribution >= 4 is 5.82 Å². The van der Waals surface area contributed by atoms with Crippen LogP contribution in [0.5, 0.6) is 0 Å². The van der Waals surface area contributed by atoms with E-state index in [1.165, 1.54) is 0 Å². The highest BCUT2D eigenvalue weighted by Crippen LogP contribution is 2.23. The molecule has 0 aromatic carbocycles. The Bertz CT molecular complexity index is 321. The van der Waals surface area contributed by atoms with Crippen LogP contribution in [-0.2, 0) is 0 Å². The van der Waals surface area contributed by atoms with E-state index in [2.05, 4.69) is 15.2 Å². The summed E-state index contributed by atoms with van der Waals surface area (Å²) in [6.07, 6.45) is 1.33. The minimum absolute atomic E-state index is 0.455. The Balaban J connectivity index is 2.25. The maximum atomic E-state index is 9.65. The monoisotopic (exact) mass is 207 g/mol. The summed E-state index contributed by atoms with van der Waals surface area (Å²) in [7, 11) is 0. The Morgan fingerprint density at radius 1 is 1.47 bits per heavy atom. The lowest BCUT2D eigenvalue weighted by atomic mass is 10.1. The summed E-state index contributed by atoms with van der Waals surface area (Å²) in [5.74, 6) is 0.925. The summed E-state index contributed by atoms with van der Waals surface area (Å²) in [5.41, 5.74) is 0.916. The summed E-state index contributed by atoms with van der Waals surface area (Å²) < 4.78 is 0. The molecule has 0 radical (unpaired) electrons. The molecule has 0 aliphatic carbocycles. The standard InChI is InChI=1S/C11H17N3O/c1-9(15)10-3-2-4-13-11(10)14-7-5-12-6-8-14/h2-4,9,12,15H,5-8H2,1H3/t9-/m1/s1. The number of hydrogen-bond acceptors (Lipinski definition) is 4. The number of aromatic nitrogens is 1. The second-order valence-electron chi connectivity index (χ2n) is 3.83. The van der Waals surface area contributed by atoms with E-state index in [1.807, 2.05) is 12.1 Å². The van der Waals surface area contributed by atoms with Crippen LogP contribution in [0.15, 0.2) is 18.3 Å². The van der Waals surface area contributed by atoms with Gasteiger partial charge < -0.3 is 15.3 Å². The van der Waals surface area contributed by atoms with Gasteiger partial charge in [0.15, 0.2) is 0 Å². The van der Waals surface area contributed by atoms with Crippen LogP contribution >= 0.6 is 0 Å². The van der Waals surface area contributed by atoms with E-state index in [0.29, 0.717) is 0 Å². The van der Waals surface area contributed by atoms with Crippen molar-refractivity contribution < 1.29 is 5.11 Å². The normalized spacial score (nSPS) is 18.9. The fourth-order valence-electron chi connectivity index (χ4n) is 1.88. The van der Waals surface area contributed by atoms with E-state index in [0.717, 1.165) is 37.6 Å². The van der Waals surface area contributed by atoms with Gasteiger partial charge in [-0.25, -0.2) is 4.98 Å². The van der Waals surface area contributed by atoms with Crippen LogP contribution in [0.1, 0.15) is 18.6 Å². The number of anilines is 1. The maximum absolute atomic E-state index is 9.65. The van der Waals surface area contributed by atoms with E-state index < -0.39 is 6.10 Å². The molecule has 4 nitrogen and oxygen atoms in total. The zero-order chi connectivity index (χ0) is 10.7. The van der Waals surface area contributed by atoms with Crippen molar-refractivity contribution in [2.24, 2.45) is 0 Å². The third kappa shape index (κ3) is 2.27. The quantitative estimate of drug-likeness (QED) is 0.743. The lowest BCUT2D eigenvalue weighted by molar-refractivity contribution is 0.199. The topological polar surface area (TPSA) is 48.4 Å². The number of piperazine rings is 1. The number of rotatable bonds is 2. The van der Waals surface area contributed by atoms with Crippen LogP contribution in [0.2, 0.25) is 0 Å². The number of hydrogen-bond donors (Lipinski definition) is 2. The number of pyridine rings is 1. The van der Waals surface area contributed by atoms with Crippen LogP contribution < -0.4 is 10.2 Å². The van der Waals surface area contributed by atoms with Crippen molar-refractivity contribution in [3.05, 3.63) is 23.9 Å². The molecule has 1 aliphatic rings. The molecule has 2 N–H and O–H groups in total. The molecule has 82 valence electrons. The zero-order valence-electron chi connectivity index (χ0n) is 8.98. The molecule has 0 bridgehead atoms. The number of aliphatic hydroxyl groups excluding tert-OH is 1. The van der Waals surface area contributed by atoms with Crippen molar-refractivity contribution in [3.63, 3.8) is 0 Å². The first kappa shape index (κ1) is 10.4. The molecule has 0 spiro atoms. The van der Waals surface area contributed by atoms with Crippen molar-refractivity contribution in [1.82, 2.24) is 10.3 Å². The maximum Gasteiger partial charge on any atom is 0.134 e. The Morgan fingerprint density at radius 2 is 2.20 bits per heavy atom. The van der Waals surface area contributed by atoms with E-state index in [1.54, 1.807) is 13.1 Å². The Kier molecular flexibility index (Phi) is 3.18. The summed E-state index contributed by atoms with van der Waals surface area (Å²) in [6, 6.07) is 3.81. The molecule has 1 fully saturated rings. The Morgan fingerprint density at radius 3 is 2.87 bits per heavy atom. The molecule has 1 saturated heterocycles.